The Labute approximate surface area is 121 Å². The van der Waals surface area contributed by atoms with E-state index in [9.17, 15) is 0 Å². The van der Waals surface area contributed by atoms with Crippen molar-refractivity contribution < 1.29 is 4.74 Å². The molecule has 2 aromatic rings. The number of methoxy groups -OCH3 is 1. The number of rotatable bonds is 6. The molecular formula is C17H22N2O. The van der Waals surface area contributed by atoms with Gasteiger partial charge in [0, 0.05) is 25.5 Å². The summed E-state index contributed by atoms with van der Waals surface area (Å²) in [5.41, 5.74) is 2.58. The Morgan fingerprint density at radius 2 is 1.95 bits per heavy atom. The Balaban J connectivity index is 1.91. The quantitative estimate of drug-likeness (QED) is 0.805. The van der Waals surface area contributed by atoms with Crippen LogP contribution < -0.4 is 4.74 Å². The van der Waals surface area contributed by atoms with Gasteiger partial charge in [-0.3, -0.25) is 4.98 Å². The monoisotopic (exact) mass is 270 g/mol. The van der Waals surface area contributed by atoms with E-state index in [4.69, 9.17) is 4.74 Å². The Kier molecular flexibility index (Phi) is 5.13. The standard InChI is InChI=1S/C17H22N2O/c1-14(16-6-8-17(20-3)9-7-16)12-19(2)13-15-5-4-10-18-11-15/h4-11,14H,12-13H2,1-3H3. The van der Waals surface area contributed by atoms with Crippen molar-refractivity contribution in [2.45, 2.75) is 19.4 Å². The lowest BCUT2D eigenvalue weighted by molar-refractivity contribution is 0.309. The first-order valence-electron chi connectivity index (χ1n) is 6.90. The summed E-state index contributed by atoms with van der Waals surface area (Å²) in [6.45, 7) is 4.19. The minimum atomic E-state index is 0.488. The van der Waals surface area contributed by atoms with Gasteiger partial charge < -0.3 is 9.64 Å². The van der Waals surface area contributed by atoms with Crippen LogP contribution in [0.25, 0.3) is 0 Å². The summed E-state index contributed by atoms with van der Waals surface area (Å²) in [5, 5.41) is 0. The molecule has 20 heavy (non-hydrogen) atoms. The van der Waals surface area contributed by atoms with Crippen LogP contribution in [0.2, 0.25) is 0 Å². The Morgan fingerprint density at radius 1 is 1.20 bits per heavy atom. The summed E-state index contributed by atoms with van der Waals surface area (Å²) in [4.78, 5) is 6.48. The molecule has 1 unspecified atom stereocenters. The van der Waals surface area contributed by atoms with E-state index < -0.39 is 0 Å². The van der Waals surface area contributed by atoms with E-state index in [0.29, 0.717) is 5.92 Å². The molecule has 1 aromatic carbocycles. The largest absolute Gasteiger partial charge is 0.497 e. The van der Waals surface area contributed by atoms with Crippen LogP contribution in [0.15, 0.2) is 48.8 Å². The van der Waals surface area contributed by atoms with Crippen molar-refractivity contribution >= 4 is 0 Å². The smallest absolute Gasteiger partial charge is 0.118 e. The molecule has 1 aromatic heterocycles. The van der Waals surface area contributed by atoms with Crippen molar-refractivity contribution in [2.24, 2.45) is 0 Å². The van der Waals surface area contributed by atoms with Crippen molar-refractivity contribution in [1.29, 1.82) is 0 Å². The van der Waals surface area contributed by atoms with Gasteiger partial charge in [0.05, 0.1) is 7.11 Å². The zero-order valence-electron chi connectivity index (χ0n) is 12.4. The molecule has 1 heterocycles. The number of likely N-dealkylation sites (N-methyl/N-ethyl adjacent to an activating group) is 1. The second-order valence-corrected chi connectivity index (χ2v) is 5.23. The van der Waals surface area contributed by atoms with Crippen LogP contribution in [0.1, 0.15) is 24.0 Å². The zero-order chi connectivity index (χ0) is 14.4. The third-order valence-electron chi connectivity index (χ3n) is 3.45. The highest BCUT2D eigenvalue weighted by atomic mass is 16.5. The molecule has 0 aliphatic heterocycles. The second-order valence-electron chi connectivity index (χ2n) is 5.23. The van der Waals surface area contributed by atoms with Gasteiger partial charge in [-0.25, -0.2) is 0 Å². The van der Waals surface area contributed by atoms with Gasteiger partial charge in [0.25, 0.3) is 0 Å². The van der Waals surface area contributed by atoms with Gasteiger partial charge in [-0.15, -0.1) is 0 Å². The van der Waals surface area contributed by atoms with Crippen molar-refractivity contribution in [3.8, 4) is 5.75 Å². The molecule has 1 atom stereocenters. The van der Waals surface area contributed by atoms with Crippen LogP contribution in [-0.4, -0.2) is 30.6 Å². The van der Waals surface area contributed by atoms with E-state index in [1.165, 1.54) is 11.1 Å². The van der Waals surface area contributed by atoms with Gasteiger partial charge in [0.1, 0.15) is 5.75 Å². The fraction of sp³-hybridized carbons (Fsp3) is 0.353. The first-order valence-corrected chi connectivity index (χ1v) is 6.90. The molecular weight excluding hydrogens is 248 g/mol. The number of benzene rings is 1. The zero-order valence-corrected chi connectivity index (χ0v) is 12.4. The molecule has 0 bridgehead atoms. The predicted octanol–water partition coefficient (Wildman–Crippen LogP) is 3.33. The predicted molar refractivity (Wildman–Crippen MR) is 82.0 cm³/mol. The van der Waals surface area contributed by atoms with E-state index in [1.807, 2.05) is 30.6 Å². The van der Waals surface area contributed by atoms with Crippen molar-refractivity contribution in [3.05, 3.63) is 59.9 Å². The number of nitrogens with zero attached hydrogens (tertiary/aromatic N) is 2. The summed E-state index contributed by atoms with van der Waals surface area (Å²) in [6, 6.07) is 12.4. The summed E-state index contributed by atoms with van der Waals surface area (Å²) in [5.74, 6) is 1.40. The number of pyridine rings is 1. The Morgan fingerprint density at radius 3 is 2.55 bits per heavy atom. The lowest BCUT2D eigenvalue weighted by Gasteiger charge is -2.21. The van der Waals surface area contributed by atoms with Gasteiger partial charge in [-0.05, 0) is 42.3 Å². The highest BCUT2D eigenvalue weighted by molar-refractivity contribution is 5.29. The molecule has 3 nitrogen and oxygen atoms in total. The van der Waals surface area contributed by atoms with Crippen molar-refractivity contribution in [3.63, 3.8) is 0 Å². The molecule has 0 saturated heterocycles. The summed E-state index contributed by atoms with van der Waals surface area (Å²) < 4.78 is 5.19. The maximum absolute atomic E-state index is 5.19. The van der Waals surface area contributed by atoms with Gasteiger partial charge >= 0.3 is 0 Å². The van der Waals surface area contributed by atoms with Crippen LogP contribution in [0, 0.1) is 0 Å². The lowest BCUT2D eigenvalue weighted by atomic mass is 10.0. The fourth-order valence-corrected chi connectivity index (χ4v) is 2.37. The molecule has 106 valence electrons. The summed E-state index contributed by atoms with van der Waals surface area (Å²) >= 11 is 0. The molecule has 0 aliphatic carbocycles. The van der Waals surface area contributed by atoms with Crippen molar-refractivity contribution in [1.82, 2.24) is 9.88 Å². The number of aromatic nitrogens is 1. The SMILES string of the molecule is COc1ccc(C(C)CN(C)Cc2cccnc2)cc1. The van der Waals surface area contributed by atoms with E-state index in [1.54, 1.807) is 7.11 Å². The Bertz CT molecular complexity index is 510. The van der Waals surface area contributed by atoms with Gasteiger partial charge in [-0.2, -0.15) is 0 Å². The number of hydrogen-bond donors (Lipinski definition) is 0. The third kappa shape index (κ3) is 4.07. The average Bonchev–Trinajstić information content (AvgIpc) is 2.48. The van der Waals surface area contributed by atoms with Crippen LogP contribution >= 0.6 is 0 Å². The maximum atomic E-state index is 5.19. The van der Waals surface area contributed by atoms with E-state index in [2.05, 4.69) is 42.1 Å². The van der Waals surface area contributed by atoms with Crippen LogP contribution in [0.5, 0.6) is 5.75 Å². The van der Waals surface area contributed by atoms with Crippen LogP contribution in [0.4, 0.5) is 0 Å². The number of ether oxygens (including phenoxy) is 1. The first-order chi connectivity index (χ1) is 9.69. The third-order valence-corrected chi connectivity index (χ3v) is 3.45. The van der Waals surface area contributed by atoms with Crippen LogP contribution in [0.3, 0.4) is 0 Å². The molecule has 0 saturated carbocycles. The molecule has 2 rings (SSSR count). The average molecular weight is 270 g/mol. The molecule has 0 aliphatic rings. The topological polar surface area (TPSA) is 25.4 Å². The molecule has 3 heteroatoms. The maximum Gasteiger partial charge on any atom is 0.118 e. The van der Waals surface area contributed by atoms with E-state index in [-0.39, 0.29) is 0 Å². The molecule has 0 radical (unpaired) electrons. The second kappa shape index (κ2) is 7.06. The fourth-order valence-electron chi connectivity index (χ4n) is 2.37. The molecule has 0 spiro atoms. The summed E-state index contributed by atoms with van der Waals surface area (Å²) in [6.07, 6.45) is 3.73. The highest BCUT2D eigenvalue weighted by Gasteiger charge is 2.09. The minimum Gasteiger partial charge on any atom is -0.497 e. The minimum absolute atomic E-state index is 0.488. The molecule has 0 N–H and O–H groups in total. The van der Waals surface area contributed by atoms with Gasteiger partial charge in [0.2, 0.25) is 0 Å². The van der Waals surface area contributed by atoms with E-state index >= 15 is 0 Å². The van der Waals surface area contributed by atoms with Gasteiger partial charge in [-0.1, -0.05) is 25.1 Å². The number of hydrogen-bond acceptors (Lipinski definition) is 3. The Hall–Kier alpha value is -1.87. The summed E-state index contributed by atoms with van der Waals surface area (Å²) in [7, 11) is 3.84. The first kappa shape index (κ1) is 14.5. The lowest BCUT2D eigenvalue weighted by Crippen LogP contribution is -2.23. The molecule has 0 amide bonds. The van der Waals surface area contributed by atoms with Crippen LogP contribution in [-0.2, 0) is 6.54 Å². The van der Waals surface area contributed by atoms with E-state index in [0.717, 1.165) is 18.8 Å². The highest BCUT2D eigenvalue weighted by Crippen LogP contribution is 2.20. The van der Waals surface area contributed by atoms with Crippen molar-refractivity contribution in [2.75, 3.05) is 20.7 Å². The molecule has 0 fully saturated rings. The normalized spacial score (nSPS) is 12.4. The van der Waals surface area contributed by atoms with Gasteiger partial charge in [0.15, 0.2) is 0 Å².